The van der Waals surface area contributed by atoms with Gasteiger partial charge in [-0.1, -0.05) is 39.8 Å². The first-order valence-electron chi connectivity index (χ1n) is 15.5. The van der Waals surface area contributed by atoms with Crippen molar-refractivity contribution in [2.24, 2.45) is 16.0 Å². The highest BCUT2D eigenvalue weighted by Crippen LogP contribution is 2.29. The molecule has 0 bridgehead atoms. The Labute approximate surface area is 261 Å². The van der Waals surface area contributed by atoms with Gasteiger partial charge < -0.3 is 10.2 Å². The summed E-state index contributed by atoms with van der Waals surface area (Å²) in [6, 6.07) is 15.1. The molecule has 0 atom stereocenters. The average molecular weight is 602 g/mol. The van der Waals surface area contributed by atoms with E-state index in [0.29, 0.717) is 12.5 Å². The Hall–Kier alpha value is -4.31. The lowest BCUT2D eigenvalue weighted by atomic mass is 9.95. The molecule has 10 heteroatoms. The molecule has 2 aromatic heterocycles. The van der Waals surface area contributed by atoms with E-state index in [1.165, 1.54) is 11.6 Å². The number of aliphatic imine (C=N–C) groups is 1. The zero-order valence-electron chi connectivity index (χ0n) is 27.3. The Bertz CT molecular complexity index is 1510. The predicted octanol–water partition coefficient (Wildman–Crippen LogP) is 7.05. The summed E-state index contributed by atoms with van der Waals surface area (Å²) in [7, 11) is 3.81. The number of nitrogens with one attached hydrogen (secondary N) is 2. The van der Waals surface area contributed by atoms with Crippen LogP contribution in [0.5, 0.6) is 0 Å². The highest BCUT2D eigenvalue weighted by atomic mass is 19.1. The van der Waals surface area contributed by atoms with Gasteiger partial charge in [0.25, 0.3) is 0 Å². The number of aryl methyl sites for hydroxylation is 1. The van der Waals surface area contributed by atoms with Gasteiger partial charge in [0.2, 0.25) is 0 Å². The second-order valence-corrected chi connectivity index (χ2v) is 10.3. The molecule has 3 heterocycles. The third kappa shape index (κ3) is 8.63. The Morgan fingerprint density at radius 1 is 1.09 bits per heavy atom. The van der Waals surface area contributed by atoms with E-state index < -0.39 is 0 Å². The first kappa shape index (κ1) is 34.2. The fraction of sp³-hybridized carbons (Fsp3) is 0.412. The predicted molar refractivity (Wildman–Crippen MR) is 183 cm³/mol. The maximum Gasteiger partial charge on any atom is 0.158 e. The van der Waals surface area contributed by atoms with Gasteiger partial charge in [-0.2, -0.15) is 10.2 Å². The fourth-order valence-electron chi connectivity index (χ4n) is 5.54. The molecule has 0 amide bonds. The Balaban J connectivity index is 0.00000127. The molecule has 1 fully saturated rings. The smallest absolute Gasteiger partial charge is 0.158 e. The van der Waals surface area contributed by atoms with Gasteiger partial charge in [0, 0.05) is 57.4 Å². The minimum atomic E-state index is -0.217. The van der Waals surface area contributed by atoms with Crippen molar-refractivity contribution < 1.29 is 4.39 Å². The Morgan fingerprint density at radius 2 is 1.84 bits per heavy atom. The number of amidine groups is 1. The van der Waals surface area contributed by atoms with Crippen molar-refractivity contribution >= 4 is 35.3 Å². The maximum atomic E-state index is 13.6. The molecule has 9 nitrogen and oxygen atoms in total. The molecule has 2 aromatic carbocycles. The molecule has 0 saturated carbocycles. The van der Waals surface area contributed by atoms with E-state index in [4.69, 9.17) is 0 Å². The Morgan fingerprint density at radius 3 is 2.50 bits per heavy atom. The summed E-state index contributed by atoms with van der Waals surface area (Å²) in [5.41, 5.74) is 9.18. The summed E-state index contributed by atoms with van der Waals surface area (Å²) in [5.74, 6) is 1.83. The largest absolute Gasteiger partial charge is 0.370 e. The number of anilines is 3. The normalized spacial score (nSPS) is 13.8. The average Bonchev–Trinajstić information content (AvgIpc) is 3.46. The third-order valence-electron chi connectivity index (χ3n) is 7.52. The van der Waals surface area contributed by atoms with E-state index in [0.717, 1.165) is 72.1 Å². The lowest BCUT2D eigenvalue weighted by Crippen LogP contribution is -2.39. The van der Waals surface area contributed by atoms with Crippen LogP contribution in [-0.2, 0) is 13.1 Å². The third-order valence-corrected chi connectivity index (χ3v) is 7.52. The molecular formula is C34H48FN9. The fourth-order valence-corrected chi connectivity index (χ4v) is 5.54. The summed E-state index contributed by atoms with van der Waals surface area (Å²) < 4.78 is 15.5. The van der Waals surface area contributed by atoms with E-state index in [-0.39, 0.29) is 5.82 Å². The standard InChI is InChI=1S/C30H36FN9.2C2H6/c1-21-16-26(8-9-27(21)38(4)18-22-6-5-7-25(31)17-22)36-30-28-24(12-15-40(28)35-20-34-30)19-39-13-10-23(11-14-39)29(32-2)37-33-3;2*1-2/h5-9,12,15-17,20,23H,3,10-11,13-14,18-19H2,1-2,4H3,(H,32,37)(H,34,35,36);2*1-2H3. The SMILES string of the molecule is C=NNC(=NC)C1CCN(Cc2ccn3ncnc(Nc4ccc(N(C)Cc5cccc(F)c5)c(C)c4)c23)CC1.CC.CC. The number of nitrogens with zero attached hydrogens (tertiary/aromatic N) is 7. The number of piperidine rings is 1. The topological polar surface area (TPSA) is 85.5 Å². The molecular weight excluding hydrogens is 553 g/mol. The zero-order chi connectivity index (χ0) is 32.1. The summed E-state index contributed by atoms with van der Waals surface area (Å²) in [4.78, 5) is 13.5. The minimum absolute atomic E-state index is 0.217. The second kappa shape index (κ2) is 17.1. The van der Waals surface area contributed by atoms with Crippen molar-refractivity contribution in [3.8, 4) is 0 Å². The van der Waals surface area contributed by atoms with Crippen molar-refractivity contribution in [3.05, 3.63) is 83.6 Å². The van der Waals surface area contributed by atoms with Crippen LogP contribution in [0.3, 0.4) is 0 Å². The molecule has 44 heavy (non-hydrogen) atoms. The van der Waals surface area contributed by atoms with Crippen LogP contribution in [0.25, 0.3) is 5.52 Å². The van der Waals surface area contributed by atoms with Crippen molar-refractivity contribution in [3.63, 3.8) is 0 Å². The number of benzene rings is 2. The number of rotatable bonds is 9. The number of aromatic nitrogens is 3. The molecule has 4 aromatic rings. The van der Waals surface area contributed by atoms with E-state index >= 15 is 0 Å². The van der Waals surface area contributed by atoms with Crippen LogP contribution in [0.1, 0.15) is 57.2 Å². The van der Waals surface area contributed by atoms with Gasteiger partial charge in [0.15, 0.2) is 5.82 Å². The van der Waals surface area contributed by atoms with Crippen LogP contribution < -0.4 is 15.6 Å². The monoisotopic (exact) mass is 601 g/mol. The van der Waals surface area contributed by atoms with E-state index in [2.05, 4.69) is 78.6 Å². The summed E-state index contributed by atoms with van der Waals surface area (Å²) >= 11 is 0. The second-order valence-electron chi connectivity index (χ2n) is 10.3. The number of likely N-dealkylation sites (tertiary alicyclic amines) is 1. The van der Waals surface area contributed by atoms with Gasteiger partial charge in [0.05, 0.1) is 0 Å². The first-order valence-corrected chi connectivity index (χ1v) is 15.5. The van der Waals surface area contributed by atoms with E-state index in [1.807, 2.05) is 51.5 Å². The lowest BCUT2D eigenvalue weighted by molar-refractivity contribution is 0.201. The summed E-state index contributed by atoms with van der Waals surface area (Å²) in [6.07, 6.45) is 5.59. The van der Waals surface area contributed by atoms with Crippen LogP contribution in [0.15, 0.2) is 71.1 Å². The molecule has 0 aliphatic carbocycles. The van der Waals surface area contributed by atoms with Crippen LogP contribution in [-0.4, -0.2) is 59.2 Å². The van der Waals surface area contributed by atoms with Gasteiger partial charge in [-0.3, -0.25) is 15.3 Å². The number of fused-ring (bicyclic) bond motifs is 1. The molecule has 0 radical (unpaired) electrons. The Kier molecular flexibility index (Phi) is 13.3. The van der Waals surface area contributed by atoms with Gasteiger partial charge in [-0.25, -0.2) is 13.9 Å². The molecule has 5 rings (SSSR count). The highest BCUT2D eigenvalue weighted by molar-refractivity contribution is 5.84. The number of halogens is 1. The van der Waals surface area contributed by atoms with Gasteiger partial charge >= 0.3 is 0 Å². The first-order chi connectivity index (χ1) is 21.4. The summed E-state index contributed by atoms with van der Waals surface area (Å²) in [6.45, 7) is 17.0. The van der Waals surface area contributed by atoms with Crippen molar-refractivity contribution in [2.45, 2.75) is 60.5 Å². The number of hydrogen-bond acceptors (Lipinski definition) is 7. The zero-order valence-corrected chi connectivity index (χ0v) is 27.3. The highest BCUT2D eigenvalue weighted by Gasteiger charge is 2.24. The van der Waals surface area contributed by atoms with Crippen LogP contribution in [0.2, 0.25) is 0 Å². The van der Waals surface area contributed by atoms with Gasteiger partial charge in [-0.05, 0) is 85.9 Å². The van der Waals surface area contributed by atoms with Crippen molar-refractivity contribution in [2.75, 3.05) is 37.4 Å². The molecule has 236 valence electrons. The molecule has 1 saturated heterocycles. The molecule has 0 unspecified atom stereocenters. The molecule has 2 N–H and O–H groups in total. The van der Waals surface area contributed by atoms with Gasteiger partial charge in [0.1, 0.15) is 23.5 Å². The van der Waals surface area contributed by atoms with Crippen molar-refractivity contribution in [1.82, 2.24) is 24.9 Å². The lowest BCUT2D eigenvalue weighted by Gasteiger charge is -2.32. The quantitative estimate of drug-likeness (QED) is 0.121. The van der Waals surface area contributed by atoms with Crippen molar-refractivity contribution in [1.29, 1.82) is 0 Å². The van der Waals surface area contributed by atoms with E-state index in [1.54, 1.807) is 25.5 Å². The van der Waals surface area contributed by atoms with Crippen LogP contribution in [0, 0.1) is 18.7 Å². The number of hydrogen-bond donors (Lipinski definition) is 2. The van der Waals surface area contributed by atoms with Crippen LogP contribution in [0.4, 0.5) is 21.6 Å². The van der Waals surface area contributed by atoms with Gasteiger partial charge in [-0.15, -0.1) is 0 Å². The van der Waals surface area contributed by atoms with Crippen LogP contribution >= 0.6 is 0 Å². The van der Waals surface area contributed by atoms with E-state index in [9.17, 15) is 4.39 Å². The molecule has 1 aliphatic heterocycles. The summed E-state index contributed by atoms with van der Waals surface area (Å²) in [5, 5.41) is 11.8. The molecule has 0 spiro atoms. The maximum absolute atomic E-state index is 13.6. The minimum Gasteiger partial charge on any atom is -0.370 e. The molecule has 1 aliphatic rings. The number of hydrazone groups is 1.